The van der Waals surface area contributed by atoms with E-state index in [1.165, 1.54) is 23.9 Å². The molecule has 21 heavy (non-hydrogen) atoms. The number of carboxylic acid groups (broad SMARTS) is 1. The lowest BCUT2D eigenvalue weighted by atomic mass is 10.1. The molecule has 2 unspecified atom stereocenters. The van der Waals surface area contributed by atoms with Gasteiger partial charge in [-0.25, -0.2) is 4.39 Å². The minimum Gasteiger partial charge on any atom is -0.481 e. The fourth-order valence-electron chi connectivity index (χ4n) is 1.62. The Morgan fingerprint density at radius 3 is 2.48 bits per heavy atom. The van der Waals surface area contributed by atoms with Crippen LogP contribution in [-0.2, 0) is 9.59 Å². The van der Waals surface area contributed by atoms with E-state index in [4.69, 9.17) is 5.11 Å². The number of carbonyl (C=O) groups excluding carboxylic acids is 1. The quantitative estimate of drug-likeness (QED) is 0.724. The molecule has 0 saturated carbocycles. The number of carboxylic acids is 1. The van der Waals surface area contributed by atoms with Gasteiger partial charge < -0.3 is 10.4 Å². The predicted molar refractivity (Wildman–Crippen MR) is 80.8 cm³/mol. The topological polar surface area (TPSA) is 66.4 Å². The van der Waals surface area contributed by atoms with Crippen molar-refractivity contribution in [2.24, 2.45) is 5.92 Å². The van der Waals surface area contributed by atoms with Crippen LogP contribution in [-0.4, -0.2) is 28.8 Å². The molecule has 116 valence electrons. The number of halogens is 1. The van der Waals surface area contributed by atoms with E-state index in [0.29, 0.717) is 12.2 Å². The second kappa shape index (κ2) is 8.67. The van der Waals surface area contributed by atoms with E-state index in [1.54, 1.807) is 19.1 Å². The molecule has 1 aromatic carbocycles. The van der Waals surface area contributed by atoms with Crippen LogP contribution in [0.25, 0.3) is 0 Å². The molecule has 0 aliphatic carbocycles. The van der Waals surface area contributed by atoms with Gasteiger partial charge >= 0.3 is 5.97 Å². The van der Waals surface area contributed by atoms with E-state index >= 15 is 0 Å². The van der Waals surface area contributed by atoms with Crippen molar-refractivity contribution < 1.29 is 19.1 Å². The van der Waals surface area contributed by atoms with Crippen LogP contribution in [0, 0.1) is 11.7 Å². The van der Waals surface area contributed by atoms with E-state index in [9.17, 15) is 14.0 Å². The van der Waals surface area contributed by atoms with Crippen molar-refractivity contribution in [1.82, 2.24) is 5.32 Å². The van der Waals surface area contributed by atoms with Gasteiger partial charge in [-0.05, 0) is 37.6 Å². The SMILES string of the molecule is CC(CCC(=O)O)NC(=O)C(C)CSc1ccc(F)cc1. The molecule has 1 aromatic rings. The summed E-state index contributed by atoms with van der Waals surface area (Å²) in [5.74, 6) is -0.855. The van der Waals surface area contributed by atoms with E-state index in [1.807, 2.05) is 6.92 Å². The number of hydrogen-bond acceptors (Lipinski definition) is 3. The summed E-state index contributed by atoms with van der Waals surface area (Å²) in [6.07, 6.45) is 0.457. The van der Waals surface area contributed by atoms with Gasteiger partial charge in [0.05, 0.1) is 0 Å². The summed E-state index contributed by atoms with van der Waals surface area (Å²) in [5, 5.41) is 11.4. The largest absolute Gasteiger partial charge is 0.481 e. The van der Waals surface area contributed by atoms with Gasteiger partial charge in [0.1, 0.15) is 5.82 Å². The Kier molecular flexibility index (Phi) is 7.22. The highest BCUT2D eigenvalue weighted by Crippen LogP contribution is 2.21. The first kappa shape index (κ1) is 17.5. The number of amides is 1. The van der Waals surface area contributed by atoms with Gasteiger partial charge in [0.25, 0.3) is 0 Å². The van der Waals surface area contributed by atoms with Crippen LogP contribution >= 0.6 is 11.8 Å². The van der Waals surface area contributed by atoms with Gasteiger partial charge in [0.15, 0.2) is 0 Å². The molecular weight excluding hydrogens is 293 g/mol. The van der Waals surface area contributed by atoms with Gasteiger partial charge in [0, 0.05) is 29.0 Å². The molecule has 2 atom stereocenters. The van der Waals surface area contributed by atoms with Crippen molar-refractivity contribution in [3.05, 3.63) is 30.1 Å². The molecule has 0 saturated heterocycles. The van der Waals surface area contributed by atoms with Crippen LogP contribution in [0.3, 0.4) is 0 Å². The Bertz CT molecular complexity index is 478. The molecule has 6 heteroatoms. The molecular formula is C15H20FNO3S. The number of nitrogens with one attached hydrogen (secondary N) is 1. The van der Waals surface area contributed by atoms with Crippen molar-refractivity contribution in [3.63, 3.8) is 0 Å². The normalized spacial score (nSPS) is 13.5. The molecule has 0 aromatic heterocycles. The first-order chi connectivity index (χ1) is 9.88. The molecule has 0 spiro atoms. The van der Waals surface area contributed by atoms with Crippen LogP contribution in [0.5, 0.6) is 0 Å². The Labute approximate surface area is 128 Å². The molecule has 1 rings (SSSR count). The van der Waals surface area contributed by atoms with Crippen LogP contribution in [0.15, 0.2) is 29.2 Å². The third kappa shape index (κ3) is 7.13. The number of hydrogen-bond donors (Lipinski definition) is 2. The highest BCUT2D eigenvalue weighted by Gasteiger charge is 2.16. The first-order valence-electron chi connectivity index (χ1n) is 6.79. The Hall–Kier alpha value is -1.56. The number of thioether (sulfide) groups is 1. The van der Waals surface area contributed by atoms with Crippen molar-refractivity contribution in [2.75, 3.05) is 5.75 Å². The molecule has 0 radical (unpaired) electrons. The number of carbonyl (C=O) groups is 2. The van der Waals surface area contributed by atoms with Crippen LogP contribution < -0.4 is 5.32 Å². The van der Waals surface area contributed by atoms with Gasteiger partial charge in [-0.3, -0.25) is 9.59 Å². The zero-order valence-electron chi connectivity index (χ0n) is 12.1. The van der Waals surface area contributed by atoms with Crippen molar-refractivity contribution in [1.29, 1.82) is 0 Å². The lowest BCUT2D eigenvalue weighted by Crippen LogP contribution is -2.37. The fourth-order valence-corrected chi connectivity index (χ4v) is 2.55. The smallest absolute Gasteiger partial charge is 0.303 e. The molecule has 0 aliphatic heterocycles. The summed E-state index contributed by atoms with van der Waals surface area (Å²) in [4.78, 5) is 23.3. The lowest BCUT2D eigenvalue weighted by Gasteiger charge is -2.16. The predicted octanol–water partition coefficient (Wildman–Crippen LogP) is 2.92. The second-order valence-electron chi connectivity index (χ2n) is 5.01. The molecule has 1 amide bonds. The van der Waals surface area contributed by atoms with Crippen molar-refractivity contribution >= 4 is 23.6 Å². The Morgan fingerprint density at radius 1 is 1.29 bits per heavy atom. The molecule has 0 bridgehead atoms. The number of benzene rings is 1. The number of rotatable bonds is 8. The molecule has 0 fully saturated rings. The average Bonchev–Trinajstić information content (AvgIpc) is 2.44. The Balaban J connectivity index is 2.33. The maximum Gasteiger partial charge on any atom is 0.303 e. The van der Waals surface area contributed by atoms with E-state index < -0.39 is 5.97 Å². The van der Waals surface area contributed by atoms with Gasteiger partial charge in [-0.1, -0.05) is 6.92 Å². The standard InChI is InChI=1S/C15H20FNO3S/c1-10(9-21-13-6-4-12(16)5-7-13)15(20)17-11(2)3-8-14(18)19/h4-7,10-11H,3,8-9H2,1-2H3,(H,17,20)(H,18,19). The van der Waals surface area contributed by atoms with Gasteiger partial charge in [0.2, 0.25) is 5.91 Å². The van der Waals surface area contributed by atoms with Crippen LogP contribution in [0.4, 0.5) is 4.39 Å². The average molecular weight is 313 g/mol. The minimum absolute atomic E-state index is 0.0418. The van der Waals surface area contributed by atoms with Crippen molar-refractivity contribution in [2.45, 2.75) is 37.6 Å². The second-order valence-corrected chi connectivity index (χ2v) is 6.10. The fraction of sp³-hybridized carbons (Fsp3) is 0.467. The monoisotopic (exact) mass is 313 g/mol. The van der Waals surface area contributed by atoms with E-state index in [-0.39, 0.29) is 30.1 Å². The highest BCUT2D eigenvalue weighted by atomic mass is 32.2. The third-order valence-electron chi connectivity index (χ3n) is 2.94. The zero-order chi connectivity index (χ0) is 15.8. The summed E-state index contributed by atoms with van der Waals surface area (Å²) in [5.41, 5.74) is 0. The molecule has 0 heterocycles. The maximum atomic E-state index is 12.8. The lowest BCUT2D eigenvalue weighted by molar-refractivity contribution is -0.137. The first-order valence-corrected chi connectivity index (χ1v) is 7.77. The van der Waals surface area contributed by atoms with E-state index in [2.05, 4.69) is 5.32 Å². The van der Waals surface area contributed by atoms with E-state index in [0.717, 1.165) is 4.90 Å². The maximum absolute atomic E-state index is 12.8. The zero-order valence-corrected chi connectivity index (χ0v) is 13.0. The van der Waals surface area contributed by atoms with Gasteiger partial charge in [-0.15, -0.1) is 11.8 Å². The molecule has 0 aliphatic rings. The van der Waals surface area contributed by atoms with Gasteiger partial charge in [-0.2, -0.15) is 0 Å². The summed E-state index contributed by atoms with van der Waals surface area (Å²) in [7, 11) is 0. The summed E-state index contributed by atoms with van der Waals surface area (Å²) < 4.78 is 12.8. The minimum atomic E-state index is -0.865. The highest BCUT2D eigenvalue weighted by molar-refractivity contribution is 7.99. The van der Waals surface area contributed by atoms with Crippen LogP contribution in [0.2, 0.25) is 0 Å². The summed E-state index contributed by atoms with van der Waals surface area (Å²) >= 11 is 1.49. The number of aliphatic carboxylic acids is 1. The van der Waals surface area contributed by atoms with Crippen molar-refractivity contribution in [3.8, 4) is 0 Å². The summed E-state index contributed by atoms with van der Waals surface area (Å²) in [6.45, 7) is 3.61. The Morgan fingerprint density at radius 2 is 1.90 bits per heavy atom. The molecule has 2 N–H and O–H groups in total. The van der Waals surface area contributed by atoms with Crippen LogP contribution in [0.1, 0.15) is 26.7 Å². The third-order valence-corrected chi connectivity index (χ3v) is 4.21. The summed E-state index contributed by atoms with van der Waals surface area (Å²) in [6, 6.07) is 5.98. The molecule has 4 nitrogen and oxygen atoms in total.